The summed E-state index contributed by atoms with van der Waals surface area (Å²) in [5.41, 5.74) is 4.02. The van der Waals surface area contributed by atoms with Gasteiger partial charge in [0.25, 0.3) is 5.91 Å². The van der Waals surface area contributed by atoms with Crippen LogP contribution in [0.4, 0.5) is 5.69 Å². The fraction of sp³-hybridized carbons (Fsp3) is 0.278. The molecule has 1 amide bonds. The molecule has 0 fully saturated rings. The average Bonchev–Trinajstić information content (AvgIpc) is 2.54. The van der Waals surface area contributed by atoms with Gasteiger partial charge in [0.15, 0.2) is 0 Å². The number of para-hydroxylation sites is 1. The molecule has 0 aliphatic rings. The molecule has 1 N–H and O–H groups in total. The van der Waals surface area contributed by atoms with Crippen molar-refractivity contribution in [1.29, 1.82) is 0 Å². The Hall–Kier alpha value is -2.29. The van der Waals surface area contributed by atoms with E-state index in [1.807, 2.05) is 38.4 Å². The highest BCUT2D eigenvalue weighted by Crippen LogP contribution is 2.17. The van der Waals surface area contributed by atoms with E-state index in [0.29, 0.717) is 12.1 Å². The number of aryl methyl sites for hydroxylation is 1. The number of carbonyl (C=O) groups excluding carboxylic acids is 1. The van der Waals surface area contributed by atoms with Crippen LogP contribution in [0.1, 0.15) is 28.4 Å². The molecular weight excluding hydrogens is 260 g/mol. The summed E-state index contributed by atoms with van der Waals surface area (Å²) in [5.74, 6) is 0.0273. The lowest BCUT2D eigenvalue weighted by Gasteiger charge is -2.19. The van der Waals surface area contributed by atoms with E-state index in [0.717, 1.165) is 17.7 Å². The predicted molar refractivity (Wildman–Crippen MR) is 87.6 cm³/mol. The number of anilines is 1. The topological polar surface area (TPSA) is 32.3 Å². The fourth-order valence-corrected chi connectivity index (χ4v) is 2.32. The first-order valence-electron chi connectivity index (χ1n) is 7.25. The standard InChI is InChI=1S/C18H22N2O/c1-4-14-9-11-15(12-10-14)13-20(3)18(21)16-7-5-6-8-17(16)19-2/h5-12,19H,4,13H2,1-3H3. The molecule has 0 aliphatic carbocycles. The monoisotopic (exact) mass is 282 g/mol. The molecule has 0 saturated carbocycles. The molecule has 2 rings (SSSR count). The van der Waals surface area contributed by atoms with Crippen molar-refractivity contribution < 1.29 is 4.79 Å². The van der Waals surface area contributed by atoms with Crippen molar-refractivity contribution in [3.05, 3.63) is 65.2 Å². The predicted octanol–water partition coefficient (Wildman–Crippen LogP) is 3.56. The van der Waals surface area contributed by atoms with E-state index in [4.69, 9.17) is 0 Å². The molecule has 0 aliphatic heterocycles. The van der Waals surface area contributed by atoms with Gasteiger partial charge >= 0.3 is 0 Å². The van der Waals surface area contributed by atoms with Crippen LogP contribution in [0.3, 0.4) is 0 Å². The number of nitrogens with zero attached hydrogens (tertiary/aromatic N) is 1. The zero-order valence-corrected chi connectivity index (χ0v) is 12.9. The maximum atomic E-state index is 12.5. The zero-order chi connectivity index (χ0) is 15.2. The SMILES string of the molecule is CCc1ccc(CN(C)C(=O)c2ccccc2NC)cc1. The number of nitrogens with one attached hydrogen (secondary N) is 1. The molecule has 3 nitrogen and oxygen atoms in total. The van der Waals surface area contributed by atoms with Gasteiger partial charge in [-0.15, -0.1) is 0 Å². The lowest BCUT2D eigenvalue weighted by Crippen LogP contribution is -2.26. The van der Waals surface area contributed by atoms with Crippen LogP contribution in [0, 0.1) is 0 Å². The number of amides is 1. The Kier molecular flexibility index (Phi) is 4.99. The molecule has 110 valence electrons. The molecule has 0 unspecified atom stereocenters. The summed E-state index contributed by atoms with van der Waals surface area (Å²) in [6.07, 6.45) is 1.03. The lowest BCUT2D eigenvalue weighted by molar-refractivity contribution is 0.0786. The van der Waals surface area contributed by atoms with Gasteiger partial charge in [0, 0.05) is 26.3 Å². The molecule has 0 spiro atoms. The second-order valence-electron chi connectivity index (χ2n) is 5.13. The first kappa shape index (κ1) is 15.1. The van der Waals surface area contributed by atoms with Gasteiger partial charge in [0.1, 0.15) is 0 Å². The second kappa shape index (κ2) is 6.93. The number of carbonyl (C=O) groups is 1. The largest absolute Gasteiger partial charge is 0.387 e. The fourth-order valence-electron chi connectivity index (χ4n) is 2.32. The van der Waals surface area contributed by atoms with Crippen molar-refractivity contribution in [2.24, 2.45) is 0 Å². The van der Waals surface area contributed by atoms with Gasteiger partial charge in [0.05, 0.1) is 5.56 Å². The third kappa shape index (κ3) is 3.63. The Morgan fingerprint density at radius 2 is 1.67 bits per heavy atom. The first-order chi connectivity index (χ1) is 10.2. The van der Waals surface area contributed by atoms with Crippen molar-refractivity contribution >= 4 is 11.6 Å². The Morgan fingerprint density at radius 3 is 2.29 bits per heavy atom. The van der Waals surface area contributed by atoms with E-state index < -0.39 is 0 Å². The normalized spacial score (nSPS) is 10.2. The Balaban J connectivity index is 2.11. The third-order valence-electron chi connectivity index (χ3n) is 3.62. The molecular formula is C18H22N2O. The van der Waals surface area contributed by atoms with Crippen molar-refractivity contribution in [2.75, 3.05) is 19.4 Å². The van der Waals surface area contributed by atoms with Crippen LogP contribution in [0.2, 0.25) is 0 Å². The average molecular weight is 282 g/mol. The molecule has 0 aromatic heterocycles. The van der Waals surface area contributed by atoms with Crippen LogP contribution in [-0.2, 0) is 13.0 Å². The maximum Gasteiger partial charge on any atom is 0.255 e. The molecule has 0 atom stereocenters. The highest BCUT2D eigenvalue weighted by atomic mass is 16.2. The van der Waals surface area contributed by atoms with E-state index in [9.17, 15) is 4.79 Å². The van der Waals surface area contributed by atoms with Gasteiger partial charge in [-0.25, -0.2) is 0 Å². The molecule has 0 radical (unpaired) electrons. The third-order valence-corrected chi connectivity index (χ3v) is 3.62. The number of benzene rings is 2. The lowest BCUT2D eigenvalue weighted by atomic mass is 10.1. The van der Waals surface area contributed by atoms with Crippen LogP contribution in [0.5, 0.6) is 0 Å². The summed E-state index contributed by atoms with van der Waals surface area (Å²) in [4.78, 5) is 14.3. The highest BCUT2D eigenvalue weighted by molar-refractivity contribution is 5.99. The summed E-state index contributed by atoms with van der Waals surface area (Å²) in [6.45, 7) is 2.75. The molecule has 0 saturated heterocycles. The molecule has 2 aromatic carbocycles. The smallest absolute Gasteiger partial charge is 0.255 e. The number of hydrogen-bond donors (Lipinski definition) is 1. The van der Waals surface area contributed by atoms with Crippen LogP contribution in [0.25, 0.3) is 0 Å². The Bertz CT molecular complexity index is 605. The minimum absolute atomic E-state index is 0.0273. The zero-order valence-electron chi connectivity index (χ0n) is 12.9. The Labute approximate surface area is 126 Å². The van der Waals surface area contributed by atoms with Gasteiger partial charge in [-0.1, -0.05) is 43.3 Å². The van der Waals surface area contributed by atoms with Crippen LogP contribution < -0.4 is 5.32 Å². The molecule has 3 heteroatoms. The van der Waals surface area contributed by atoms with E-state index in [2.05, 4.69) is 36.5 Å². The summed E-state index contributed by atoms with van der Waals surface area (Å²) in [5, 5.41) is 3.06. The van der Waals surface area contributed by atoms with Gasteiger partial charge in [-0.05, 0) is 29.7 Å². The first-order valence-corrected chi connectivity index (χ1v) is 7.25. The van der Waals surface area contributed by atoms with Gasteiger partial charge in [-0.2, -0.15) is 0 Å². The van der Waals surface area contributed by atoms with Crippen molar-refractivity contribution in [3.8, 4) is 0 Å². The summed E-state index contributed by atoms with van der Waals surface area (Å²) >= 11 is 0. The van der Waals surface area contributed by atoms with E-state index >= 15 is 0 Å². The highest BCUT2D eigenvalue weighted by Gasteiger charge is 2.15. The minimum Gasteiger partial charge on any atom is -0.387 e. The Morgan fingerprint density at radius 1 is 1.05 bits per heavy atom. The molecule has 21 heavy (non-hydrogen) atoms. The van der Waals surface area contributed by atoms with E-state index in [1.165, 1.54) is 5.56 Å². The summed E-state index contributed by atoms with van der Waals surface area (Å²) < 4.78 is 0. The van der Waals surface area contributed by atoms with Gasteiger partial charge < -0.3 is 10.2 Å². The molecule has 0 heterocycles. The maximum absolute atomic E-state index is 12.5. The van der Waals surface area contributed by atoms with Crippen LogP contribution in [-0.4, -0.2) is 24.9 Å². The van der Waals surface area contributed by atoms with Crippen molar-refractivity contribution in [1.82, 2.24) is 4.90 Å². The minimum atomic E-state index is 0.0273. The molecule has 2 aromatic rings. The number of hydrogen-bond acceptors (Lipinski definition) is 2. The van der Waals surface area contributed by atoms with Crippen molar-refractivity contribution in [2.45, 2.75) is 19.9 Å². The summed E-state index contributed by atoms with van der Waals surface area (Å²) in [6, 6.07) is 16.0. The van der Waals surface area contributed by atoms with E-state index in [-0.39, 0.29) is 5.91 Å². The van der Waals surface area contributed by atoms with Gasteiger partial charge in [-0.3, -0.25) is 4.79 Å². The summed E-state index contributed by atoms with van der Waals surface area (Å²) in [7, 11) is 3.66. The van der Waals surface area contributed by atoms with E-state index in [1.54, 1.807) is 4.90 Å². The quantitative estimate of drug-likeness (QED) is 0.909. The second-order valence-corrected chi connectivity index (χ2v) is 5.13. The van der Waals surface area contributed by atoms with Gasteiger partial charge in [0.2, 0.25) is 0 Å². The van der Waals surface area contributed by atoms with Crippen molar-refractivity contribution in [3.63, 3.8) is 0 Å². The number of rotatable bonds is 5. The molecule has 0 bridgehead atoms. The van der Waals surface area contributed by atoms with Crippen LogP contribution >= 0.6 is 0 Å². The van der Waals surface area contributed by atoms with Crippen LogP contribution in [0.15, 0.2) is 48.5 Å².